The average molecular weight is 332 g/mol. The third-order valence-electron chi connectivity index (χ3n) is 3.50. The van der Waals surface area contributed by atoms with Gasteiger partial charge in [-0.25, -0.2) is 9.38 Å². The molecule has 0 saturated carbocycles. The minimum atomic E-state index is -0.209. The Morgan fingerprint density at radius 3 is 2.79 bits per heavy atom. The van der Waals surface area contributed by atoms with Gasteiger partial charge in [0.15, 0.2) is 11.7 Å². The number of nitrogens with one attached hydrogen (secondary N) is 2. The molecular weight excluding hydrogens is 307 g/mol. The van der Waals surface area contributed by atoms with E-state index in [9.17, 15) is 4.39 Å². The summed E-state index contributed by atoms with van der Waals surface area (Å²) >= 11 is 0. The van der Waals surface area contributed by atoms with Crippen molar-refractivity contribution >= 4 is 5.96 Å². The van der Waals surface area contributed by atoms with Crippen LogP contribution in [0.1, 0.15) is 43.7 Å². The summed E-state index contributed by atoms with van der Waals surface area (Å²) in [6, 6.07) is 8.57. The molecule has 6 heteroatoms. The van der Waals surface area contributed by atoms with Crippen molar-refractivity contribution in [3.8, 4) is 0 Å². The van der Waals surface area contributed by atoms with Crippen molar-refractivity contribution in [3.05, 3.63) is 53.2 Å². The van der Waals surface area contributed by atoms with Crippen LogP contribution in [0.2, 0.25) is 0 Å². The van der Waals surface area contributed by atoms with Crippen LogP contribution in [-0.2, 0) is 13.0 Å². The van der Waals surface area contributed by atoms with Crippen molar-refractivity contribution in [3.63, 3.8) is 0 Å². The molecule has 0 spiro atoms. The average Bonchev–Trinajstić information content (AvgIpc) is 3.02. The van der Waals surface area contributed by atoms with Crippen LogP contribution in [0.3, 0.4) is 0 Å². The van der Waals surface area contributed by atoms with Crippen LogP contribution < -0.4 is 10.6 Å². The van der Waals surface area contributed by atoms with Crippen LogP contribution in [-0.4, -0.2) is 24.2 Å². The van der Waals surface area contributed by atoms with Gasteiger partial charge in [-0.05, 0) is 37.0 Å². The van der Waals surface area contributed by atoms with E-state index in [-0.39, 0.29) is 5.82 Å². The lowest BCUT2D eigenvalue weighted by molar-refractivity contribution is 0.376. The molecular formula is C18H25FN4O. The van der Waals surface area contributed by atoms with E-state index in [1.807, 2.05) is 19.1 Å². The van der Waals surface area contributed by atoms with Crippen LogP contribution >= 0.6 is 0 Å². The van der Waals surface area contributed by atoms with Gasteiger partial charge < -0.3 is 15.2 Å². The highest BCUT2D eigenvalue weighted by molar-refractivity contribution is 5.79. The lowest BCUT2D eigenvalue weighted by Gasteiger charge is -2.10. The summed E-state index contributed by atoms with van der Waals surface area (Å²) in [6.07, 6.45) is 0.724. The number of guanidine groups is 1. The first-order valence-corrected chi connectivity index (χ1v) is 8.30. The molecule has 2 N–H and O–H groups in total. The lowest BCUT2D eigenvalue weighted by Crippen LogP contribution is -2.38. The second-order valence-corrected chi connectivity index (χ2v) is 5.87. The number of benzene rings is 1. The van der Waals surface area contributed by atoms with E-state index in [1.165, 1.54) is 6.07 Å². The van der Waals surface area contributed by atoms with Crippen molar-refractivity contribution in [2.75, 3.05) is 13.1 Å². The largest absolute Gasteiger partial charge is 0.359 e. The number of rotatable bonds is 7. The molecule has 24 heavy (non-hydrogen) atoms. The third kappa shape index (κ3) is 5.68. The predicted molar refractivity (Wildman–Crippen MR) is 93.5 cm³/mol. The molecule has 2 rings (SSSR count). The molecule has 0 amide bonds. The Hall–Kier alpha value is -2.37. The number of aromatic nitrogens is 1. The Bertz CT molecular complexity index is 667. The quantitative estimate of drug-likeness (QED) is 0.603. The van der Waals surface area contributed by atoms with E-state index in [0.717, 1.165) is 30.0 Å². The second kappa shape index (κ2) is 9.05. The molecule has 2 aromatic rings. The summed E-state index contributed by atoms with van der Waals surface area (Å²) in [6.45, 7) is 8.01. The van der Waals surface area contributed by atoms with Gasteiger partial charge >= 0.3 is 0 Å². The highest BCUT2D eigenvalue weighted by Crippen LogP contribution is 2.14. The van der Waals surface area contributed by atoms with E-state index >= 15 is 0 Å². The van der Waals surface area contributed by atoms with Crippen molar-refractivity contribution in [1.82, 2.24) is 15.8 Å². The lowest BCUT2D eigenvalue weighted by atomic mass is 10.1. The highest BCUT2D eigenvalue weighted by atomic mass is 19.1. The SMILES string of the molecule is CCNC(=NCc1cc(C(C)C)no1)NCCc1cccc(F)c1. The topological polar surface area (TPSA) is 62.5 Å². The first-order valence-electron chi connectivity index (χ1n) is 8.30. The second-order valence-electron chi connectivity index (χ2n) is 5.87. The van der Waals surface area contributed by atoms with Crippen LogP contribution in [0.5, 0.6) is 0 Å². The van der Waals surface area contributed by atoms with Gasteiger partial charge in [0.1, 0.15) is 12.4 Å². The van der Waals surface area contributed by atoms with Gasteiger partial charge in [-0.1, -0.05) is 31.1 Å². The zero-order valence-electron chi connectivity index (χ0n) is 14.5. The molecule has 0 radical (unpaired) electrons. The summed E-state index contributed by atoms with van der Waals surface area (Å²) in [4.78, 5) is 4.49. The molecule has 5 nitrogen and oxygen atoms in total. The number of halogens is 1. The fourth-order valence-electron chi connectivity index (χ4n) is 2.19. The van der Waals surface area contributed by atoms with Crippen LogP contribution in [0.4, 0.5) is 4.39 Å². The Kier molecular flexibility index (Phi) is 6.78. The number of hydrogen-bond donors (Lipinski definition) is 2. The Morgan fingerprint density at radius 1 is 1.29 bits per heavy atom. The Labute approximate surface area is 142 Å². The first kappa shape index (κ1) is 18.0. The van der Waals surface area contributed by atoms with Crippen LogP contribution in [0.15, 0.2) is 39.8 Å². The summed E-state index contributed by atoms with van der Waals surface area (Å²) < 4.78 is 18.5. The maximum atomic E-state index is 13.2. The molecule has 130 valence electrons. The standard InChI is InChI=1S/C18H25FN4O/c1-4-20-18(21-9-8-14-6-5-7-15(19)10-14)22-12-16-11-17(13(2)3)23-24-16/h5-7,10-11,13H,4,8-9,12H2,1-3H3,(H2,20,21,22). The van der Waals surface area contributed by atoms with Gasteiger partial charge in [0.25, 0.3) is 0 Å². The summed E-state index contributed by atoms with van der Waals surface area (Å²) in [5.74, 6) is 1.57. The van der Waals surface area contributed by atoms with E-state index < -0.39 is 0 Å². The summed E-state index contributed by atoms with van der Waals surface area (Å²) in [7, 11) is 0. The molecule has 0 unspecified atom stereocenters. The number of hydrogen-bond acceptors (Lipinski definition) is 3. The fraction of sp³-hybridized carbons (Fsp3) is 0.444. The van der Waals surface area contributed by atoms with Gasteiger partial charge in [0.2, 0.25) is 0 Å². The molecule has 1 heterocycles. The van der Waals surface area contributed by atoms with Gasteiger partial charge in [-0.15, -0.1) is 0 Å². The smallest absolute Gasteiger partial charge is 0.191 e. The van der Waals surface area contributed by atoms with Gasteiger partial charge in [0, 0.05) is 19.2 Å². The maximum Gasteiger partial charge on any atom is 0.191 e. The Morgan fingerprint density at radius 2 is 2.12 bits per heavy atom. The summed E-state index contributed by atoms with van der Waals surface area (Å²) in [5.41, 5.74) is 1.89. The predicted octanol–water partition coefficient (Wildman–Crippen LogP) is 3.23. The van der Waals surface area contributed by atoms with Crippen LogP contribution in [0.25, 0.3) is 0 Å². The summed E-state index contributed by atoms with van der Waals surface area (Å²) in [5, 5.41) is 10.5. The molecule has 0 aliphatic rings. The van der Waals surface area contributed by atoms with Crippen molar-refractivity contribution < 1.29 is 8.91 Å². The van der Waals surface area contributed by atoms with Crippen molar-refractivity contribution in [1.29, 1.82) is 0 Å². The zero-order chi connectivity index (χ0) is 17.4. The minimum Gasteiger partial charge on any atom is -0.359 e. The molecule has 0 bridgehead atoms. The fourth-order valence-corrected chi connectivity index (χ4v) is 2.19. The van der Waals surface area contributed by atoms with E-state index in [0.29, 0.717) is 25.0 Å². The number of aliphatic imine (C=N–C) groups is 1. The van der Waals surface area contributed by atoms with E-state index in [1.54, 1.807) is 12.1 Å². The molecule has 0 aliphatic heterocycles. The van der Waals surface area contributed by atoms with Gasteiger partial charge in [-0.3, -0.25) is 0 Å². The molecule has 0 saturated heterocycles. The Balaban J connectivity index is 1.87. The number of nitrogens with zero attached hydrogens (tertiary/aromatic N) is 2. The van der Waals surface area contributed by atoms with E-state index in [4.69, 9.17) is 4.52 Å². The molecule has 0 atom stereocenters. The minimum absolute atomic E-state index is 0.209. The maximum absolute atomic E-state index is 13.2. The zero-order valence-corrected chi connectivity index (χ0v) is 14.5. The van der Waals surface area contributed by atoms with E-state index in [2.05, 4.69) is 34.6 Å². The molecule has 1 aromatic carbocycles. The van der Waals surface area contributed by atoms with Crippen LogP contribution in [0, 0.1) is 5.82 Å². The van der Waals surface area contributed by atoms with Gasteiger partial charge in [-0.2, -0.15) is 0 Å². The monoisotopic (exact) mass is 332 g/mol. The molecule has 1 aromatic heterocycles. The van der Waals surface area contributed by atoms with Crippen molar-refractivity contribution in [2.24, 2.45) is 4.99 Å². The highest BCUT2D eigenvalue weighted by Gasteiger charge is 2.07. The van der Waals surface area contributed by atoms with Crippen molar-refractivity contribution in [2.45, 2.75) is 39.7 Å². The normalized spacial score (nSPS) is 11.8. The first-order chi connectivity index (χ1) is 11.6. The third-order valence-corrected chi connectivity index (χ3v) is 3.50. The molecule has 0 fully saturated rings. The molecule has 0 aliphatic carbocycles. The van der Waals surface area contributed by atoms with Gasteiger partial charge in [0.05, 0.1) is 5.69 Å².